The Morgan fingerprint density at radius 2 is 2.12 bits per heavy atom. The molecule has 2 atom stereocenters. The summed E-state index contributed by atoms with van der Waals surface area (Å²) in [5.74, 6) is 0.500. The smallest absolute Gasteiger partial charge is 0.188 e. The van der Waals surface area contributed by atoms with Crippen LogP contribution in [-0.2, 0) is 4.74 Å². The Kier molecular flexibility index (Phi) is 9.95. The van der Waals surface area contributed by atoms with E-state index in [0.29, 0.717) is 18.5 Å². The van der Waals surface area contributed by atoms with Crippen LogP contribution in [0.3, 0.4) is 0 Å². The zero-order chi connectivity index (χ0) is 16.7. The third-order valence-corrected chi connectivity index (χ3v) is 4.40. The van der Waals surface area contributed by atoms with Gasteiger partial charge in [0.15, 0.2) is 5.96 Å². The van der Waals surface area contributed by atoms with Crippen LogP contribution in [0.5, 0.6) is 0 Å². The fourth-order valence-electron chi connectivity index (χ4n) is 2.62. The highest BCUT2D eigenvalue weighted by Crippen LogP contribution is 2.24. The first-order valence-electron chi connectivity index (χ1n) is 8.24. The van der Waals surface area contributed by atoms with Gasteiger partial charge in [0.1, 0.15) is 0 Å². The van der Waals surface area contributed by atoms with Gasteiger partial charge in [0, 0.05) is 24.2 Å². The van der Waals surface area contributed by atoms with E-state index < -0.39 is 0 Å². The van der Waals surface area contributed by atoms with Crippen molar-refractivity contribution >= 4 is 41.5 Å². The largest absolute Gasteiger partial charge is 0.379 e. The molecule has 2 unspecified atom stereocenters. The molecule has 0 spiro atoms. The molecule has 1 aliphatic rings. The normalized spacial score (nSPS) is 18.5. The third-order valence-electron chi connectivity index (χ3n) is 4.16. The van der Waals surface area contributed by atoms with Gasteiger partial charge in [-0.2, -0.15) is 0 Å². The van der Waals surface area contributed by atoms with Crippen molar-refractivity contribution in [3.05, 3.63) is 34.9 Å². The van der Waals surface area contributed by atoms with E-state index in [9.17, 15) is 0 Å². The summed E-state index contributed by atoms with van der Waals surface area (Å²) >= 11 is 6.16. The first-order chi connectivity index (χ1) is 11.1. The lowest BCUT2D eigenvalue weighted by Crippen LogP contribution is -2.42. The van der Waals surface area contributed by atoms with Crippen molar-refractivity contribution in [1.29, 1.82) is 0 Å². The van der Waals surface area contributed by atoms with Crippen molar-refractivity contribution in [3.8, 4) is 0 Å². The summed E-state index contributed by atoms with van der Waals surface area (Å²) in [6.07, 6.45) is 1.01. The number of nitrogens with zero attached hydrogens (tertiary/aromatic N) is 2. The molecule has 24 heavy (non-hydrogen) atoms. The molecule has 1 aromatic rings. The molecular weight excluding hydrogens is 439 g/mol. The Bertz CT molecular complexity index is 523. The van der Waals surface area contributed by atoms with Crippen LogP contribution in [0.25, 0.3) is 0 Å². The molecule has 136 valence electrons. The van der Waals surface area contributed by atoms with Crippen LogP contribution in [0, 0.1) is 0 Å². The molecule has 0 amide bonds. The zero-order valence-electron chi connectivity index (χ0n) is 14.4. The molecule has 0 radical (unpaired) electrons. The Morgan fingerprint density at radius 3 is 2.75 bits per heavy atom. The van der Waals surface area contributed by atoms with Crippen molar-refractivity contribution < 1.29 is 4.74 Å². The lowest BCUT2D eigenvalue weighted by Gasteiger charge is -2.34. The number of benzene rings is 1. The number of ether oxygens (including phenoxy) is 1. The number of rotatable bonds is 6. The number of guanidine groups is 1. The molecule has 1 heterocycles. The summed E-state index contributed by atoms with van der Waals surface area (Å²) in [6, 6.07) is 8.47. The van der Waals surface area contributed by atoms with Gasteiger partial charge in [-0.25, -0.2) is 0 Å². The van der Waals surface area contributed by atoms with Crippen molar-refractivity contribution in [2.45, 2.75) is 32.4 Å². The molecule has 1 saturated heterocycles. The first-order valence-corrected chi connectivity index (χ1v) is 8.61. The third kappa shape index (κ3) is 6.74. The topological polar surface area (TPSA) is 62.9 Å². The van der Waals surface area contributed by atoms with E-state index in [2.05, 4.69) is 35.1 Å². The molecule has 7 heteroatoms. The second kappa shape index (κ2) is 11.1. The summed E-state index contributed by atoms with van der Waals surface area (Å²) < 4.78 is 5.46. The second-order valence-corrected chi connectivity index (χ2v) is 6.34. The highest BCUT2D eigenvalue weighted by atomic mass is 127. The van der Waals surface area contributed by atoms with Gasteiger partial charge in [0.25, 0.3) is 0 Å². The number of nitrogens with one attached hydrogen (secondary N) is 1. The summed E-state index contributed by atoms with van der Waals surface area (Å²) in [4.78, 5) is 6.94. The maximum Gasteiger partial charge on any atom is 0.188 e. The fourth-order valence-corrected chi connectivity index (χ4v) is 2.82. The lowest BCUT2D eigenvalue weighted by atomic mass is 10.0. The summed E-state index contributed by atoms with van der Waals surface area (Å²) in [5, 5.41) is 3.95. The van der Waals surface area contributed by atoms with Gasteiger partial charge in [-0.05, 0) is 31.0 Å². The first kappa shape index (κ1) is 21.5. The predicted molar refractivity (Wildman–Crippen MR) is 111 cm³/mol. The van der Waals surface area contributed by atoms with Crippen LogP contribution >= 0.6 is 35.6 Å². The summed E-state index contributed by atoms with van der Waals surface area (Å²) in [7, 11) is 0. The second-order valence-electron chi connectivity index (χ2n) is 5.90. The molecule has 0 bridgehead atoms. The van der Waals surface area contributed by atoms with Crippen LogP contribution in [0.4, 0.5) is 0 Å². The summed E-state index contributed by atoms with van der Waals surface area (Å²) in [5.41, 5.74) is 7.17. The molecule has 0 saturated carbocycles. The zero-order valence-corrected chi connectivity index (χ0v) is 17.5. The van der Waals surface area contributed by atoms with Gasteiger partial charge in [0.2, 0.25) is 0 Å². The molecule has 3 N–H and O–H groups in total. The highest BCUT2D eigenvalue weighted by molar-refractivity contribution is 14.0. The minimum absolute atomic E-state index is 0. The molecule has 2 rings (SSSR count). The maximum absolute atomic E-state index is 6.16. The van der Waals surface area contributed by atoms with E-state index in [4.69, 9.17) is 22.1 Å². The molecule has 1 fully saturated rings. The van der Waals surface area contributed by atoms with Crippen LogP contribution < -0.4 is 11.1 Å². The van der Waals surface area contributed by atoms with E-state index in [0.717, 1.165) is 37.7 Å². The number of hydrogen-bond donors (Lipinski definition) is 2. The number of aliphatic imine (C=N–C) groups is 1. The fraction of sp³-hybridized carbons (Fsp3) is 0.588. The van der Waals surface area contributed by atoms with Crippen molar-refractivity contribution in [3.63, 3.8) is 0 Å². The predicted octanol–water partition coefficient (Wildman–Crippen LogP) is 3.03. The van der Waals surface area contributed by atoms with Gasteiger partial charge in [-0.3, -0.25) is 9.89 Å². The van der Waals surface area contributed by atoms with Gasteiger partial charge >= 0.3 is 0 Å². The quantitative estimate of drug-likeness (QED) is 0.384. The van der Waals surface area contributed by atoms with Crippen LogP contribution in [0.1, 0.15) is 31.9 Å². The minimum atomic E-state index is 0. The van der Waals surface area contributed by atoms with Crippen LogP contribution in [-0.4, -0.2) is 49.7 Å². The highest BCUT2D eigenvalue weighted by Gasteiger charge is 2.22. The van der Waals surface area contributed by atoms with Crippen molar-refractivity contribution in [1.82, 2.24) is 10.2 Å². The molecule has 1 aromatic carbocycles. The monoisotopic (exact) mass is 466 g/mol. The van der Waals surface area contributed by atoms with Crippen molar-refractivity contribution in [2.24, 2.45) is 10.7 Å². The van der Waals surface area contributed by atoms with E-state index in [1.807, 2.05) is 18.2 Å². The average molecular weight is 467 g/mol. The molecule has 0 aliphatic carbocycles. The Hall–Kier alpha value is -0.570. The molecular formula is C17H28ClIN4O. The van der Waals surface area contributed by atoms with Gasteiger partial charge < -0.3 is 15.8 Å². The van der Waals surface area contributed by atoms with Gasteiger partial charge in [-0.15, -0.1) is 24.0 Å². The molecule has 0 aromatic heterocycles. The summed E-state index contributed by atoms with van der Waals surface area (Å²) in [6.45, 7) is 8.11. The lowest BCUT2D eigenvalue weighted by molar-refractivity contribution is 0.0180. The number of halogens is 2. The van der Waals surface area contributed by atoms with Gasteiger partial charge in [0.05, 0.1) is 25.8 Å². The maximum atomic E-state index is 6.16. The van der Waals surface area contributed by atoms with Crippen LogP contribution in [0.15, 0.2) is 29.3 Å². The van der Waals surface area contributed by atoms with E-state index >= 15 is 0 Å². The molecule has 1 aliphatic heterocycles. The van der Waals surface area contributed by atoms with Crippen LogP contribution in [0.2, 0.25) is 5.02 Å². The average Bonchev–Trinajstić information content (AvgIpc) is 2.56. The number of morpholine rings is 1. The van der Waals surface area contributed by atoms with Gasteiger partial charge in [-0.1, -0.05) is 30.7 Å². The Labute approximate surface area is 167 Å². The molecule has 5 nitrogen and oxygen atoms in total. The minimum Gasteiger partial charge on any atom is -0.379 e. The van der Waals surface area contributed by atoms with E-state index in [-0.39, 0.29) is 30.0 Å². The Balaban J connectivity index is 0.00000288. The standard InChI is InChI=1S/C17H27ClN4O.HI/c1-3-13(2)21-17(19)20-12-16(22-7-9-23-10-8-22)14-5-4-6-15(18)11-14;/h4-6,11,13,16H,3,7-10,12H2,1-2H3,(H3,19,20,21);1H. The SMILES string of the molecule is CCC(C)NC(N)=NCC(c1cccc(Cl)c1)N1CCOCC1.I. The number of nitrogens with two attached hydrogens (primary N) is 1. The van der Waals surface area contributed by atoms with E-state index in [1.165, 1.54) is 5.56 Å². The van der Waals surface area contributed by atoms with Crippen molar-refractivity contribution in [2.75, 3.05) is 32.8 Å². The Morgan fingerprint density at radius 1 is 1.42 bits per heavy atom. The van der Waals surface area contributed by atoms with E-state index in [1.54, 1.807) is 0 Å². The number of hydrogen-bond acceptors (Lipinski definition) is 3.